The molecular weight excluding hydrogens is 456 g/mol. The smallest absolute Gasteiger partial charge is 0.274 e. The van der Waals surface area contributed by atoms with E-state index in [0.29, 0.717) is 39.2 Å². The monoisotopic (exact) mass is 484 g/mol. The van der Waals surface area contributed by atoms with Crippen LogP contribution in [0.2, 0.25) is 0 Å². The first-order valence-electron chi connectivity index (χ1n) is 12.1. The zero-order valence-electron chi connectivity index (χ0n) is 20.8. The van der Waals surface area contributed by atoms with Crippen molar-refractivity contribution in [3.8, 4) is 22.6 Å². The Labute approximate surface area is 207 Å². The number of hydrogen-bond donors (Lipinski definition) is 2. The van der Waals surface area contributed by atoms with Gasteiger partial charge in [-0.15, -0.1) is 0 Å². The quantitative estimate of drug-likeness (QED) is 0.449. The Hall–Kier alpha value is -4.07. The second-order valence-corrected chi connectivity index (χ2v) is 10.5. The number of pyridine rings is 2. The first-order chi connectivity index (χ1) is 17.1. The number of rotatable bonds is 5. The van der Waals surface area contributed by atoms with Crippen LogP contribution in [-0.2, 0) is 14.1 Å². The zero-order valence-corrected chi connectivity index (χ0v) is 20.8. The van der Waals surface area contributed by atoms with E-state index in [0.717, 1.165) is 36.3 Å². The third kappa shape index (κ3) is 3.39. The molecule has 0 aliphatic heterocycles. The number of benzene rings is 1. The van der Waals surface area contributed by atoms with Crippen molar-refractivity contribution in [2.45, 2.75) is 38.6 Å². The van der Waals surface area contributed by atoms with Crippen molar-refractivity contribution in [2.75, 3.05) is 0 Å². The second kappa shape index (κ2) is 7.71. The van der Waals surface area contributed by atoms with Gasteiger partial charge in [-0.3, -0.25) is 14.4 Å². The zero-order chi connectivity index (χ0) is 25.4. The van der Waals surface area contributed by atoms with E-state index in [9.17, 15) is 14.4 Å². The molecule has 184 valence electrons. The first kappa shape index (κ1) is 22.4. The maximum absolute atomic E-state index is 13.0. The number of aromatic nitrogens is 3. The van der Waals surface area contributed by atoms with Crippen molar-refractivity contribution in [3.63, 3.8) is 0 Å². The van der Waals surface area contributed by atoms with Gasteiger partial charge in [0.2, 0.25) is 0 Å². The van der Waals surface area contributed by atoms with Crippen molar-refractivity contribution >= 4 is 16.8 Å². The molecule has 36 heavy (non-hydrogen) atoms. The second-order valence-electron chi connectivity index (χ2n) is 10.5. The fourth-order valence-corrected chi connectivity index (χ4v) is 5.58. The highest BCUT2D eigenvalue weighted by Gasteiger charge is 2.57. The summed E-state index contributed by atoms with van der Waals surface area (Å²) < 4.78 is 9.31. The largest absolute Gasteiger partial charge is 0.455 e. The van der Waals surface area contributed by atoms with Gasteiger partial charge in [0.1, 0.15) is 17.0 Å². The van der Waals surface area contributed by atoms with Gasteiger partial charge in [-0.05, 0) is 56.2 Å². The number of fused-ring (bicyclic) bond motifs is 1. The molecule has 3 heterocycles. The van der Waals surface area contributed by atoms with Crippen molar-refractivity contribution in [2.24, 2.45) is 20.0 Å². The average molecular weight is 485 g/mol. The molecule has 2 N–H and O–H groups in total. The van der Waals surface area contributed by atoms with Crippen molar-refractivity contribution in [3.05, 3.63) is 80.3 Å². The molecule has 0 saturated heterocycles. The number of aromatic amines is 1. The van der Waals surface area contributed by atoms with E-state index >= 15 is 0 Å². The third-order valence-corrected chi connectivity index (χ3v) is 7.73. The molecule has 2 bridgehead atoms. The van der Waals surface area contributed by atoms with Crippen LogP contribution < -0.4 is 21.2 Å². The van der Waals surface area contributed by atoms with Gasteiger partial charge < -0.3 is 24.2 Å². The minimum Gasteiger partial charge on any atom is -0.455 e. The average Bonchev–Trinajstić information content (AvgIpc) is 3.23. The number of amides is 1. The van der Waals surface area contributed by atoms with Crippen molar-refractivity contribution in [1.82, 2.24) is 19.4 Å². The number of carbonyl (C=O) groups excluding carboxylic acids is 1. The van der Waals surface area contributed by atoms with Gasteiger partial charge in [-0.1, -0.05) is 18.2 Å². The molecule has 0 atom stereocenters. The summed E-state index contributed by atoms with van der Waals surface area (Å²) >= 11 is 0. The minimum atomic E-state index is -0.251. The third-order valence-electron chi connectivity index (χ3n) is 7.73. The van der Waals surface area contributed by atoms with Crippen LogP contribution in [-0.4, -0.2) is 25.6 Å². The summed E-state index contributed by atoms with van der Waals surface area (Å²) in [5.41, 5.74) is 3.22. The normalized spacial score (nSPS) is 20.1. The van der Waals surface area contributed by atoms with Crippen LogP contribution in [0.5, 0.6) is 11.5 Å². The summed E-state index contributed by atoms with van der Waals surface area (Å²) in [6.45, 7) is 3.94. The van der Waals surface area contributed by atoms with Gasteiger partial charge in [0.25, 0.3) is 17.0 Å². The van der Waals surface area contributed by atoms with E-state index in [1.165, 1.54) is 15.2 Å². The minimum absolute atomic E-state index is 0.0785. The lowest BCUT2D eigenvalue weighted by Gasteiger charge is -2.61. The van der Waals surface area contributed by atoms with Crippen molar-refractivity contribution in [1.29, 1.82) is 0 Å². The Balaban J connectivity index is 1.50. The van der Waals surface area contributed by atoms with Crippen LogP contribution in [0.1, 0.15) is 40.9 Å². The summed E-state index contributed by atoms with van der Waals surface area (Å²) in [6.07, 6.45) is 6.42. The lowest BCUT2D eigenvalue weighted by Crippen LogP contribution is -2.68. The molecule has 3 aliphatic carbocycles. The van der Waals surface area contributed by atoms with Gasteiger partial charge in [0.15, 0.2) is 5.75 Å². The summed E-state index contributed by atoms with van der Waals surface area (Å²) in [4.78, 5) is 41.8. The first-order valence-corrected chi connectivity index (χ1v) is 12.1. The van der Waals surface area contributed by atoms with Crippen LogP contribution in [0.25, 0.3) is 22.0 Å². The molecule has 0 unspecified atom stereocenters. The number of aryl methyl sites for hydroxylation is 4. The molecule has 4 aromatic rings. The predicted molar refractivity (Wildman–Crippen MR) is 138 cm³/mol. The SMILES string of the molecule is Cc1cccc(C)c1Oc1cn(C)c(=O)cc1-c1cn(C)c(=O)c2[nH]c(C(=O)NC34CC(C3)C4)cc12. The Morgan fingerprint density at radius 2 is 1.72 bits per heavy atom. The van der Waals surface area contributed by atoms with Crippen molar-refractivity contribution < 1.29 is 9.53 Å². The number of hydrogen-bond acceptors (Lipinski definition) is 4. The lowest BCUT2D eigenvalue weighted by atomic mass is 9.50. The molecule has 1 amide bonds. The topological polar surface area (TPSA) is 98.1 Å². The van der Waals surface area contributed by atoms with Gasteiger partial charge in [-0.25, -0.2) is 0 Å². The predicted octanol–water partition coefficient (Wildman–Crippen LogP) is 3.92. The summed E-state index contributed by atoms with van der Waals surface area (Å²) in [6, 6.07) is 9.12. The number of para-hydroxylation sites is 1. The number of carbonyl (C=O) groups is 1. The Morgan fingerprint density at radius 3 is 2.36 bits per heavy atom. The highest BCUT2D eigenvalue weighted by molar-refractivity contribution is 6.03. The number of H-pyrrole nitrogens is 1. The highest BCUT2D eigenvalue weighted by atomic mass is 16.5. The Morgan fingerprint density at radius 1 is 1.03 bits per heavy atom. The molecule has 8 nitrogen and oxygen atoms in total. The summed E-state index contributed by atoms with van der Waals surface area (Å²) in [5, 5.41) is 3.72. The molecule has 7 rings (SSSR count). The van der Waals surface area contributed by atoms with E-state index in [-0.39, 0.29) is 22.6 Å². The molecule has 0 spiro atoms. The van der Waals surface area contributed by atoms with Crippen LogP contribution in [0.15, 0.2) is 52.3 Å². The standard InChI is InChI=1S/C28H28N4O4/c1-15-6-5-7-16(2)25(15)36-22-14-31(3)23(33)9-18(22)20-13-32(4)27(35)24-19(20)8-21(29-24)26(34)30-28-10-17(11-28)12-28/h5-9,13-14,17,29H,10-12H2,1-4H3,(H,30,34). The fourth-order valence-electron chi connectivity index (χ4n) is 5.58. The van der Waals surface area contributed by atoms with Gasteiger partial charge in [0.05, 0.1) is 6.20 Å². The van der Waals surface area contributed by atoms with Gasteiger partial charge in [0, 0.05) is 48.4 Å². The molecule has 8 heteroatoms. The lowest BCUT2D eigenvalue weighted by molar-refractivity contribution is -0.0439. The van der Waals surface area contributed by atoms with E-state index in [1.807, 2.05) is 32.0 Å². The van der Waals surface area contributed by atoms with E-state index in [1.54, 1.807) is 32.6 Å². The molecule has 3 aliphatic rings. The molecule has 3 fully saturated rings. The van der Waals surface area contributed by atoms with Crippen LogP contribution >= 0.6 is 0 Å². The number of nitrogens with zero attached hydrogens (tertiary/aromatic N) is 2. The molecular formula is C28H28N4O4. The summed E-state index contributed by atoms with van der Waals surface area (Å²) in [5.74, 6) is 1.72. The van der Waals surface area contributed by atoms with Gasteiger partial charge in [-0.2, -0.15) is 0 Å². The van der Waals surface area contributed by atoms with E-state index in [4.69, 9.17) is 4.74 Å². The summed E-state index contributed by atoms with van der Waals surface area (Å²) in [7, 11) is 3.32. The maximum atomic E-state index is 13.0. The Kier molecular flexibility index (Phi) is 4.80. The van der Waals surface area contributed by atoms with E-state index in [2.05, 4.69) is 10.3 Å². The maximum Gasteiger partial charge on any atom is 0.274 e. The molecule has 0 radical (unpaired) electrons. The molecule has 1 aromatic carbocycles. The van der Waals surface area contributed by atoms with Gasteiger partial charge >= 0.3 is 0 Å². The molecule has 3 aromatic heterocycles. The molecule has 3 saturated carbocycles. The van der Waals surface area contributed by atoms with Crippen LogP contribution in [0, 0.1) is 19.8 Å². The van der Waals surface area contributed by atoms with E-state index < -0.39 is 0 Å². The van der Waals surface area contributed by atoms with Crippen LogP contribution in [0.4, 0.5) is 0 Å². The van der Waals surface area contributed by atoms with Crippen LogP contribution in [0.3, 0.4) is 0 Å². The Bertz CT molecular complexity index is 1650. The number of nitrogens with one attached hydrogen (secondary N) is 2. The highest BCUT2D eigenvalue weighted by Crippen LogP contribution is 2.57. The number of ether oxygens (including phenoxy) is 1. The fraction of sp³-hybridized carbons (Fsp3) is 0.321.